The first kappa shape index (κ1) is 14.7. The molecule has 1 saturated carbocycles. The molecule has 1 aliphatic carbocycles. The Morgan fingerprint density at radius 2 is 2.00 bits per heavy atom. The Morgan fingerprint density at radius 3 is 2.70 bits per heavy atom. The Kier molecular flexibility index (Phi) is 3.79. The standard InChI is InChI=1S/C16H14N4OS2/c17-9-10-1-5-12(6-2-10)20-8-7-13(15(20)21)22-16-19-18-14(23-16)11-3-4-11/h1-2,5-6,11,13H,3-4,7-8H2/t13-/m1/s1. The third-order valence-corrected chi connectivity index (χ3v) is 6.48. The van der Waals surface area contributed by atoms with Gasteiger partial charge in [0.25, 0.3) is 0 Å². The topological polar surface area (TPSA) is 69.9 Å². The Bertz CT molecular complexity index is 776. The number of thioether (sulfide) groups is 1. The summed E-state index contributed by atoms with van der Waals surface area (Å²) in [5.74, 6) is 0.721. The van der Waals surface area contributed by atoms with Crippen molar-refractivity contribution >= 4 is 34.7 Å². The molecular weight excluding hydrogens is 328 g/mol. The van der Waals surface area contributed by atoms with E-state index >= 15 is 0 Å². The SMILES string of the molecule is N#Cc1ccc(N2CC[C@@H](Sc3nnc(C4CC4)s3)C2=O)cc1. The van der Waals surface area contributed by atoms with Crippen LogP contribution in [0.15, 0.2) is 28.6 Å². The van der Waals surface area contributed by atoms with Crippen LogP contribution in [0.25, 0.3) is 0 Å². The lowest BCUT2D eigenvalue weighted by Crippen LogP contribution is -2.27. The first-order valence-corrected chi connectivity index (χ1v) is 9.26. The number of hydrogen-bond acceptors (Lipinski definition) is 6. The molecule has 2 aromatic rings. The number of hydrogen-bond donors (Lipinski definition) is 0. The summed E-state index contributed by atoms with van der Waals surface area (Å²) in [4.78, 5) is 14.4. The van der Waals surface area contributed by atoms with E-state index in [1.807, 2.05) is 12.1 Å². The molecule has 1 aromatic carbocycles. The van der Waals surface area contributed by atoms with Crippen molar-refractivity contribution in [3.05, 3.63) is 34.8 Å². The number of carbonyl (C=O) groups excluding carboxylic acids is 1. The lowest BCUT2D eigenvalue weighted by Gasteiger charge is -2.16. The number of benzene rings is 1. The third-order valence-electron chi connectivity index (χ3n) is 4.06. The van der Waals surface area contributed by atoms with Gasteiger partial charge in [-0.05, 0) is 43.5 Å². The van der Waals surface area contributed by atoms with Crippen LogP contribution < -0.4 is 4.90 Å². The van der Waals surface area contributed by atoms with Crippen LogP contribution in [0, 0.1) is 11.3 Å². The zero-order valence-electron chi connectivity index (χ0n) is 12.3. The molecule has 1 amide bonds. The highest BCUT2D eigenvalue weighted by atomic mass is 32.2. The molecule has 2 fully saturated rings. The van der Waals surface area contributed by atoms with Gasteiger partial charge >= 0.3 is 0 Å². The minimum atomic E-state index is -0.0920. The largest absolute Gasteiger partial charge is 0.311 e. The summed E-state index contributed by atoms with van der Waals surface area (Å²) in [5.41, 5.74) is 1.46. The smallest absolute Gasteiger partial charge is 0.240 e. The van der Waals surface area contributed by atoms with Gasteiger partial charge < -0.3 is 4.90 Å². The van der Waals surface area contributed by atoms with Gasteiger partial charge in [0.2, 0.25) is 5.91 Å². The molecule has 0 bridgehead atoms. The number of rotatable bonds is 4. The highest BCUT2D eigenvalue weighted by Crippen LogP contribution is 2.43. The van der Waals surface area contributed by atoms with Gasteiger partial charge in [-0.2, -0.15) is 5.26 Å². The van der Waals surface area contributed by atoms with E-state index in [9.17, 15) is 4.79 Å². The molecule has 7 heteroatoms. The van der Waals surface area contributed by atoms with E-state index in [0.29, 0.717) is 18.0 Å². The predicted molar refractivity (Wildman–Crippen MR) is 89.7 cm³/mol. The summed E-state index contributed by atoms with van der Waals surface area (Å²) < 4.78 is 0.895. The fraction of sp³-hybridized carbons (Fsp3) is 0.375. The van der Waals surface area contributed by atoms with E-state index in [0.717, 1.165) is 21.5 Å². The van der Waals surface area contributed by atoms with Crippen molar-refractivity contribution in [3.63, 3.8) is 0 Å². The molecular formula is C16H14N4OS2. The van der Waals surface area contributed by atoms with Gasteiger partial charge in [0, 0.05) is 18.2 Å². The number of nitrogens with zero attached hydrogens (tertiary/aromatic N) is 4. The second-order valence-corrected chi connectivity index (χ2v) is 8.18. The molecule has 0 N–H and O–H groups in total. The monoisotopic (exact) mass is 342 g/mol. The van der Waals surface area contributed by atoms with Gasteiger partial charge in [-0.25, -0.2) is 0 Å². The molecule has 4 rings (SSSR count). The number of anilines is 1. The van der Waals surface area contributed by atoms with Gasteiger partial charge in [-0.1, -0.05) is 23.1 Å². The third kappa shape index (κ3) is 2.96. The lowest BCUT2D eigenvalue weighted by molar-refractivity contribution is -0.116. The predicted octanol–water partition coefficient (Wildman–Crippen LogP) is 3.18. The summed E-state index contributed by atoms with van der Waals surface area (Å²) in [5, 5.41) is 18.3. The fourth-order valence-corrected chi connectivity index (χ4v) is 4.94. The van der Waals surface area contributed by atoms with Gasteiger partial charge in [-0.3, -0.25) is 4.79 Å². The molecule has 5 nitrogen and oxygen atoms in total. The molecule has 0 spiro atoms. The molecule has 1 saturated heterocycles. The van der Waals surface area contributed by atoms with Crippen molar-refractivity contribution < 1.29 is 4.79 Å². The second kappa shape index (κ2) is 5.95. The van der Waals surface area contributed by atoms with Gasteiger partial charge in [0.1, 0.15) is 5.01 Å². The van der Waals surface area contributed by atoms with Crippen molar-refractivity contribution in [2.24, 2.45) is 0 Å². The van der Waals surface area contributed by atoms with Crippen molar-refractivity contribution in [3.8, 4) is 6.07 Å². The number of carbonyl (C=O) groups is 1. The average molecular weight is 342 g/mol. The highest BCUT2D eigenvalue weighted by Gasteiger charge is 2.35. The maximum Gasteiger partial charge on any atom is 0.240 e. The van der Waals surface area contributed by atoms with Crippen molar-refractivity contribution in [2.75, 3.05) is 11.4 Å². The van der Waals surface area contributed by atoms with E-state index in [4.69, 9.17) is 5.26 Å². The molecule has 0 radical (unpaired) electrons. The van der Waals surface area contributed by atoms with Crippen LogP contribution in [0.4, 0.5) is 5.69 Å². The van der Waals surface area contributed by atoms with E-state index in [1.165, 1.54) is 24.6 Å². The van der Waals surface area contributed by atoms with Gasteiger partial charge in [0.15, 0.2) is 4.34 Å². The van der Waals surface area contributed by atoms with Crippen LogP contribution >= 0.6 is 23.1 Å². The van der Waals surface area contributed by atoms with Crippen LogP contribution in [0.3, 0.4) is 0 Å². The van der Waals surface area contributed by atoms with Crippen LogP contribution in [-0.2, 0) is 4.79 Å². The molecule has 1 aromatic heterocycles. The minimum absolute atomic E-state index is 0.0920. The fourth-order valence-electron chi connectivity index (χ4n) is 2.62. The Balaban J connectivity index is 1.44. The highest BCUT2D eigenvalue weighted by molar-refractivity contribution is 8.02. The molecule has 1 aliphatic heterocycles. The average Bonchev–Trinajstić information content (AvgIpc) is 3.23. The summed E-state index contributed by atoms with van der Waals surface area (Å²) in [6, 6.07) is 9.25. The molecule has 2 heterocycles. The van der Waals surface area contributed by atoms with Crippen molar-refractivity contribution in [1.82, 2.24) is 10.2 Å². The van der Waals surface area contributed by atoms with Crippen LogP contribution in [-0.4, -0.2) is 27.9 Å². The maximum atomic E-state index is 12.6. The van der Waals surface area contributed by atoms with Gasteiger partial charge in [-0.15, -0.1) is 10.2 Å². The first-order valence-electron chi connectivity index (χ1n) is 7.56. The number of aromatic nitrogens is 2. The summed E-state index contributed by atoms with van der Waals surface area (Å²) in [7, 11) is 0. The van der Waals surface area contributed by atoms with Crippen molar-refractivity contribution in [2.45, 2.75) is 34.8 Å². The van der Waals surface area contributed by atoms with Crippen LogP contribution in [0.5, 0.6) is 0 Å². The molecule has 116 valence electrons. The number of amides is 1. The van der Waals surface area contributed by atoms with E-state index in [2.05, 4.69) is 16.3 Å². The van der Waals surface area contributed by atoms with Gasteiger partial charge in [0.05, 0.1) is 16.9 Å². The quantitative estimate of drug-likeness (QED) is 0.853. The van der Waals surface area contributed by atoms with E-state index in [-0.39, 0.29) is 11.2 Å². The molecule has 1 atom stereocenters. The van der Waals surface area contributed by atoms with Crippen LogP contribution in [0.2, 0.25) is 0 Å². The second-order valence-electron chi connectivity index (χ2n) is 5.72. The maximum absolute atomic E-state index is 12.6. The molecule has 23 heavy (non-hydrogen) atoms. The lowest BCUT2D eigenvalue weighted by atomic mass is 10.2. The zero-order valence-corrected chi connectivity index (χ0v) is 13.9. The zero-order chi connectivity index (χ0) is 15.8. The summed E-state index contributed by atoms with van der Waals surface area (Å²) >= 11 is 3.16. The molecule has 2 aliphatic rings. The Labute approximate surface area is 142 Å². The van der Waals surface area contributed by atoms with E-state index < -0.39 is 0 Å². The summed E-state index contributed by atoms with van der Waals surface area (Å²) in [6.45, 7) is 0.705. The first-order chi connectivity index (χ1) is 11.2. The Hall–Kier alpha value is -1.91. The van der Waals surface area contributed by atoms with Crippen molar-refractivity contribution in [1.29, 1.82) is 5.26 Å². The minimum Gasteiger partial charge on any atom is -0.311 e. The Morgan fingerprint density at radius 1 is 1.22 bits per heavy atom. The van der Waals surface area contributed by atoms with E-state index in [1.54, 1.807) is 28.4 Å². The number of nitriles is 1. The van der Waals surface area contributed by atoms with Crippen LogP contribution in [0.1, 0.15) is 35.8 Å². The molecule has 0 unspecified atom stereocenters. The summed E-state index contributed by atoms with van der Waals surface area (Å²) in [6.07, 6.45) is 3.24. The normalized spacial score (nSPS) is 20.7.